The fourth-order valence-electron chi connectivity index (χ4n) is 1.11. The van der Waals surface area contributed by atoms with E-state index in [1.165, 1.54) is 7.11 Å². The van der Waals surface area contributed by atoms with Crippen molar-refractivity contribution in [2.75, 3.05) is 19.5 Å². The number of methoxy groups -OCH3 is 1. The molecule has 0 aliphatic carbocycles. The number of ether oxygens (including phenoxy) is 2. The summed E-state index contributed by atoms with van der Waals surface area (Å²) in [6.07, 6.45) is 0. The van der Waals surface area contributed by atoms with E-state index in [1.54, 1.807) is 19.1 Å². The fourth-order valence-corrected chi connectivity index (χ4v) is 1.45. The molecule has 1 aromatic rings. The maximum absolute atomic E-state index is 11.5. The quantitative estimate of drug-likeness (QED) is 0.678. The third kappa shape index (κ3) is 2.62. The summed E-state index contributed by atoms with van der Waals surface area (Å²) in [5, 5.41) is 0. The van der Waals surface area contributed by atoms with Crippen LogP contribution in [-0.2, 0) is 4.74 Å². The first-order valence-electron chi connectivity index (χ1n) is 4.40. The van der Waals surface area contributed by atoms with E-state index in [0.29, 0.717) is 28.1 Å². The van der Waals surface area contributed by atoms with Crippen molar-refractivity contribution in [3.8, 4) is 5.75 Å². The van der Waals surface area contributed by atoms with E-state index in [9.17, 15) is 4.79 Å². The van der Waals surface area contributed by atoms with Crippen molar-refractivity contribution in [3.05, 3.63) is 22.2 Å². The number of esters is 1. The lowest BCUT2D eigenvalue weighted by Gasteiger charge is -2.09. The van der Waals surface area contributed by atoms with Crippen LogP contribution < -0.4 is 10.5 Å². The molecule has 1 rings (SSSR count). The zero-order chi connectivity index (χ0) is 11.4. The van der Waals surface area contributed by atoms with Gasteiger partial charge in [0.1, 0.15) is 11.3 Å². The first kappa shape index (κ1) is 11.8. The van der Waals surface area contributed by atoms with Gasteiger partial charge in [0.15, 0.2) is 0 Å². The number of rotatable bonds is 3. The molecule has 0 amide bonds. The van der Waals surface area contributed by atoms with Crippen molar-refractivity contribution in [2.45, 2.75) is 6.92 Å². The predicted molar refractivity (Wildman–Crippen MR) is 61.1 cm³/mol. The maximum Gasteiger partial charge on any atom is 0.341 e. The van der Waals surface area contributed by atoms with Gasteiger partial charge in [0.2, 0.25) is 0 Å². The summed E-state index contributed by atoms with van der Waals surface area (Å²) in [6, 6.07) is 3.17. The van der Waals surface area contributed by atoms with Crippen molar-refractivity contribution in [3.63, 3.8) is 0 Å². The second kappa shape index (κ2) is 5.02. The largest absolute Gasteiger partial charge is 0.496 e. The van der Waals surface area contributed by atoms with Crippen LogP contribution >= 0.6 is 15.9 Å². The summed E-state index contributed by atoms with van der Waals surface area (Å²) in [6.45, 7) is 2.07. The summed E-state index contributed by atoms with van der Waals surface area (Å²) in [5.74, 6) is -0.01000. The van der Waals surface area contributed by atoms with Crippen LogP contribution in [0.25, 0.3) is 0 Å². The van der Waals surface area contributed by atoms with Crippen LogP contribution in [0.15, 0.2) is 16.6 Å². The normalized spacial score (nSPS) is 9.80. The molecule has 15 heavy (non-hydrogen) atoms. The van der Waals surface area contributed by atoms with Gasteiger partial charge in [0.05, 0.1) is 13.7 Å². The maximum atomic E-state index is 11.5. The topological polar surface area (TPSA) is 61.5 Å². The van der Waals surface area contributed by atoms with Crippen LogP contribution in [0.4, 0.5) is 5.69 Å². The van der Waals surface area contributed by atoms with Gasteiger partial charge < -0.3 is 15.2 Å². The number of anilines is 1. The number of nitrogen functional groups attached to an aromatic ring is 1. The third-order valence-electron chi connectivity index (χ3n) is 1.81. The Labute approximate surface area is 96.5 Å². The van der Waals surface area contributed by atoms with E-state index >= 15 is 0 Å². The van der Waals surface area contributed by atoms with Crippen molar-refractivity contribution < 1.29 is 14.3 Å². The van der Waals surface area contributed by atoms with E-state index in [1.807, 2.05) is 0 Å². The van der Waals surface area contributed by atoms with Crippen LogP contribution in [0.2, 0.25) is 0 Å². The minimum absolute atomic E-state index is 0.323. The molecule has 82 valence electrons. The number of halogens is 1. The smallest absolute Gasteiger partial charge is 0.341 e. The average Bonchev–Trinajstić information content (AvgIpc) is 2.21. The molecule has 0 heterocycles. The first-order chi connectivity index (χ1) is 7.10. The predicted octanol–water partition coefficient (Wildman–Crippen LogP) is 2.22. The monoisotopic (exact) mass is 273 g/mol. The lowest BCUT2D eigenvalue weighted by molar-refractivity contribution is 0.0522. The van der Waals surface area contributed by atoms with Gasteiger partial charge in [-0.05, 0) is 28.9 Å². The summed E-state index contributed by atoms with van der Waals surface area (Å²) in [5.41, 5.74) is 6.54. The number of hydrogen-bond acceptors (Lipinski definition) is 4. The lowest BCUT2D eigenvalue weighted by Crippen LogP contribution is -2.07. The Bertz CT molecular complexity index is 379. The molecule has 4 nitrogen and oxygen atoms in total. The first-order valence-corrected chi connectivity index (χ1v) is 5.19. The van der Waals surface area contributed by atoms with E-state index in [0.717, 1.165) is 0 Å². The Hall–Kier alpha value is -1.23. The van der Waals surface area contributed by atoms with Crippen LogP contribution in [0.3, 0.4) is 0 Å². The Morgan fingerprint density at radius 1 is 1.53 bits per heavy atom. The highest BCUT2D eigenvalue weighted by Gasteiger charge is 2.15. The summed E-state index contributed by atoms with van der Waals surface area (Å²) in [7, 11) is 1.48. The van der Waals surface area contributed by atoms with Gasteiger partial charge in [-0.3, -0.25) is 0 Å². The fraction of sp³-hybridized carbons (Fsp3) is 0.300. The molecule has 0 saturated heterocycles. The van der Waals surface area contributed by atoms with Gasteiger partial charge in [-0.1, -0.05) is 0 Å². The van der Waals surface area contributed by atoms with Crippen LogP contribution in [-0.4, -0.2) is 19.7 Å². The second-order valence-corrected chi connectivity index (χ2v) is 3.65. The molecule has 0 aromatic heterocycles. The van der Waals surface area contributed by atoms with E-state index < -0.39 is 5.97 Å². The number of carbonyl (C=O) groups excluding carboxylic acids is 1. The van der Waals surface area contributed by atoms with Gasteiger partial charge in [-0.25, -0.2) is 4.79 Å². The van der Waals surface area contributed by atoms with Gasteiger partial charge in [-0.15, -0.1) is 0 Å². The standard InChI is InChI=1S/C10H12BrNO3/c1-3-15-10(13)6-4-7(11)8(12)5-9(6)14-2/h4-5H,3,12H2,1-2H3. The molecule has 1 aromatic carbocycles. The van der Waals surface area contributed by atoms with Crippen LogP contribution in [0.1, 0.15) is 17.3 Å². The number of carbonyl (C=O) groups is 1. The van der Waals surface area contributed by atoms with Crippen molar-refractivity contribution in [2.24, 2.45) is 0 Å². The SMILES string of the molecule is CCOC(=O)c1cc(Br)c(N)cc1OC. The Kier molecular flexibility index (Phi) is 3.96. The van der Waals surface area contributed by atoms with Crippen molar-refractivity contribution in [1.29, 1.82) is 0 Å². The highest BCUT2D eigenvalue weighted by molar-refractivity contribution is 9.10. The van der Waals surface area contributed by atoms with E-state index in [2.05, 4.69) is 15.9 Å². The van der Waals surface area contributed by atoms with Crippen molar-refractivity contribution >= 4 is 27.6 Å². The summed E-state index contributed by atoms with van der Waals surface area (Å²) >= 11 is 3.24. The van der Waals surface area contributed by atoms with Gasteiger partial charge in [0, 0.05) is 16.2 Å². The number of hydrogen-bond donors (Lipinski definition) is 1. The molecule has 0 spiro atoms. The molecule has 2 N–H and O–H groups in total. The Morgan fingerprint density at radius 3 is 2.73 bits per heavy atom. The molecule has 0 unspecified atom stereocenters. The minimum Gasteiger partial charge on any atom is -0.496 e. The molecule has 0 bridgehead atoms. The minimum atomic E-state index is -0.421. The molecule has 0 aliphatic rings. The zero-order valence-electron chi connectivity index (χ0n) is 8.54. The molecular weight excluding hydrogens is 262 g/mol. The highest BCUT2D eigenvalue weighted by atomic mass is 79.9. The van der Waals surface area contributed by atoms with E-state index in [-0.39, 0.29) is 0 Å². The molecule has 0 saturated carbocycles. The molecule has 0 radical (unpaired) electrons. The molecule has 0 atom stereocenters. The van der Waals surface area contributed by atoms with Crippen LogP contribution in [0, 0.1) is 0 Å². The highest BCUT2D eigenvalue weighted by Crippen LogP contribution is 2.29. The Morgan fingerprint density at radius 2 is 2.20 bits per heavy atom. The van der Waals surface area contributed by atoms with Crippen LogP contribution in [0.5, 0.6) is 5.75 Å². The molecular formula is C10H12BrNO3. The van der Waals surface area contributed by atoms with Gasteiger partial charge in [0.25, 0.3) is 0 Å². The second-order valence-electron chi connectivity index (χ2n) is 2.79. The molecule has 5 heteroatoms. The summed E-state index contributed by atoms with van der Waals surface area (Å²) in [4.78, 5) is 11.5. The van der Waals surface area contributed by atoms with E-state index in [4.69, 9.17) is 15.2 Å². The van der Waals surface area contributed by atoms with Gasteiger partial charge in [-0.2, -0.15) is 0 Å². The summed E-state index contributed by atoms with van der Waals surface area (Å²) < 4.78 is 10.6. The Balaban J connectivity index is 3.15. The van der Waals surface area contributed by atoms with Gasteiger partial charge >= 0.3 is 5.97 Å². The molecule has 0 fully saturated rings. The zero-order valence-corrected chi connectivity index (χ0v) is 10.1. The number of nitrogens with two attached hydrogens (primary N) is 1. The number of benzene rings is 1. The molecule has 0 aliphatic heterocycles. The third-order valence-corrected chi connectivity index (χ3v) is 2.50. The lowest BCUT2D eigenvalue weighted by atomic mass is 10.2. The van der Waals surface area contributed by atoms with Crippen molar-refractivity contribution in [1.82, 2.24) is 0 Å². The average molecular weight is 274 g/mol.